The summed E-state index contributed by atoms with van der Waals surface area (Å²) in [7, 11) is 0. The molecule has 0 bridgehead atoms. The molecule has 1 aromatic carbocycles. The number of benzene rings is 1. The number of nitrogens with zero attached hydrogens (tertiary/aromatic N) is 2. The number of hydrogen-bond acceptors (Lipinski definition) is 4. The normalized spacial score (nSPS) is 15.2. The van der Waals surface area contributed by atoms with Gasteiger partial charge in [-0.1, -0.05) is 11.6 Å². The van der Waals surface area contributed by atoms with Gasteiger partial charge in [-0.15, -0.1) is 12.4 Å². The van der Waals surface area contributed by atoms with Crippen molar-refractivity contribution in [3.05, 3.63) is 38.9 Å². The fraction of sp³-hybridized carbons (Fsp3) is 0.417. The predicted octanol–water partition coefficient (Wildman–Crippen LogP) is 2.11. The van der Waals surface area contributed by atoms with Crippen LogP contribution in [0.4, 0.5) is 5.69 Å². The number of nitrogens with one attached hydrogen (secondary N) is 1. The molecule has 2 rings (SSSR count). The molecule has 0 aromatic heterocycles. The third-order valence-electron chi connectivity index (χ3n) is 3.02. The van der Waals surface area contributed by atoms with Crippen LogP contribution in [0, 0.1) is 10.1 Å². The summed E-state index contributed by atoms with van der Waals surface area (Å²) < 4.78 is 0. The van der Waals surface area contributed by atoms with E-state index in [9.17, 15) is 14.9 Å². The lowest BCUT2D eigenvalue weighted by molar-refractivity contribution is -0.384. The van der Waals surface area contributed by atoms with Crippen molar-refractivity contribution >= 4 is 35.6 Å². The average Bonchev–Trinajstić information content (AvgIpc) is 2.67. The first-order chi connectivity index (χ1) is 9.09. The molecule has 1 saturated heterocycles. The minimum Gasteiger partial charge on any atom is -0.337 e. The maximum atomic E-state index is 12.3. The first-order valence-electron chi connectivity index (χ1n) is 6.03. The third kappa shape index (κ3) is 3.82. The van der Waals surface area contributed by atoms with E-state index in [1.807, 2.05) is 0 Å². The molecule has 8 heteroatoms. The highest BCUT2D eigenvalue weighted by atomic mass is 35.5. The van der Waals surface area contributed by atoms with Gasteiger partial charge in [0.1, 0.15) is 5.02 Å². The number of amides is 1. The van der Waals surface area contributed by atoms with Gasteiger partial charge in [0, 0.05) is 31.3 Å². The van der Waals surface area contributed by atoms with E-state index in [2.05, 4.69) is 5.32 Å². The van der Waals surface area contributed by atoms with Crippen molar-refractivity contribution in [1.82, 2.24) is 10.2 Å². The molecule has 1 N–H and O–H groups in total. The van der Waals surface area contributed by atoms with Crippen molar-refractivity contribution in [3.63, 3.8) is 0 Å². The summed E-state index contributed by atoms with van der Waals surface area (Å²) in [5, 5.41) is 14.1. The number of halogens is 2. The minimum atomic E-state index is -0.580. The summed E-state index contributed by atoms with van der Waals surface area (Å²) in [4.78, 5) is 24.2. The summed E-state index contributed by atoms with van der Waals surface area (Å²) in [6.07, 6.45) is 0.876. The Bertz CT molecular complexity index is 503. The van der Waals surface area contributed by atoms with Crippen LogP contribution in [0.1, 0.15) is 16.8 Å². The van der Waals surface area contributed by atoms with Crippen LogP contribution < -0.4 is 5.32 Å². The molecule has 0 unspecified atom stereocenters. The lowest BCUT2D eigenvalue weighted by Crippen LogP contribution is -2.34. The molecule has 0 spiro atoms. The third-order valence-corrected chi connectivity index (χ3v) is 3.34. The number of nitro groups is 1. The van der Waals surface area contributed by atoms with Crippen molar-refractivity contribution < 1.29 is 9.72 Å². The van der Waals surface area contributed by atoms with Crippen LogP contribution in [-0.2, 0) is 0 Å². The Balaban J connectivity index is 0.00000200. The number of nitro benzene ring substituents is 1. The highest BCUT2D eigenvalue weighted by molar-refractivity contribution is 6.32. The van der Waals surface area contributed by atoms with Gasteiger partial charge in [0.2, 0.25) is 0 Å². The molecule has 6 nitrogen and oxygen atoms in total. The minimum absolute atomic E-state index is 0. The largest absolute Gasteiger partial charge is 0.337 e. The molecule has 1 heterocycles. The van der Waals surface area contributed by atoms with Crippen molar-refractivity contribution in [3.8, 4) is 0 Å². The molecule has 1 fully saturated rings. The van der Waals surface area contributed by atoms with Gasteiger partial charge in [-0.25, -0.2) is 0 Å². The summed E-state index contributed by atoms with van der Waals surface area (Å²) >= 11 is 5.73. The molecule has 0 atom stereocenters. The summed E-state index contributed by atoms with van der Waals surface area (Å²) in [6.45, 7) is 2.88. The smallest absolute Gasteiger partial charge is 0.288 e. The summed E-state index contributed by atoms with van der Waals surface area (Å²) in [5.41, 5.74) is 0.0680. The van der Waals surface area contributed by atoms with Crippen LogP contribution in [-0.4, -0.2) is 41.9 Å². The van der Waals surface area contributed by atoms with E-state index in [4.69, 9.17) is 11.6 Å². The van der Waals surface area contributed by atoms with Crippen LogP contribution in [0.15, 0.2) is 18.2 Å². The number of rotatable bonds is 2. The van der Waals surface area contributed by atoms with Gasteiger partial charge in [-0.05, 0) is 25.1 Å². The Kier molecular flexibility index (Phi) is 6.19. The number of hydrogen-bond donors (Lipinski definition) is 1. The fourth-order valence-electron chi connectivity index (χ4n) is 2.02. The standard InChI is InChI=1S/C12H14ClN3O3.ClH/c13-10-3-2-9(8-11(10)16(18)19)12(17)15-6-1-4-14-5-7-15;/h2-3,8,14H,1,4-7H2;1H. The van der Waals surface area contributed by atoms with E-state index in [0.717, 1.165) is 19.5 Å². The Morgan fingerprint density at radius 2 is 2.10 bits per heavy atom. The van der Waals surface area contributed by atoms with Crippen LogP contribution in [0.25, 0.3) is 0 Å². The first kappa shape index (κ1) is 16.7. The quantitative estimate of drug-likeness (QED) is 0.669. The second-order valence-corrected chi connectivity index (χ2v) is 4.73. The Hall–Kier alpha value is -1.37. The second-order valence-electron chi connectivity index (χ2n) is 4.32. The molecule has 1 aliphatic heterocycles. The maximum Gasteiger partial charge on any atom is 0.288 e. The molecular formula is C12H15Cl2N3O3. The first-order valence-corrected chi connectivity index (χ1v) is 6.41. The van der Waals surface area contributed by atoms with Crippen LogP contribution in [0.5, 0.6) is 0 Å². The molecule has 20 heavy (non-hydrogen) atoms. The molecule has 1 aliphatic rings. The van der Waals surface area contributed by atoms with Crippen LogP contribution in [0.3, 0.4) is 0 Å². The van der Waals surface area contributed by atoms with Gasteiger partial charge in [-0.2, -0.15) is 0 Å². The van der Waals surface area contributed by atoms with Crippen molar-refractivity contribution in [2.24, 2.45) is 0 Å². The van der Waals surface area contributed by atoms with Crippen molar-refractivity contribution in [1.29, 1.82) is 0 Å². The van der Waals surface area contributed by atoms with E-state index < -0.39 is 4.92 Å². The van der Waals surface area contributed by atoms with Gasteiger partial charge in [0.05, 0.1) is 4.92 Å². The molecule has 1 amide bonds. The number of carbonyl (C=O) groups excluding carboxylic acids is 1. The molecule has 0 saturated carbocycles. The SMILES string of the molecule is Cl.O=C(c1ccc(Cl)c([N+](=O)[O-])c1)N1CCCNCC1. The van der Waals surface area contributed by atoms with Crippen LogP contribution >= 0.6 is 24.0 Å². The fourth-order valence-corrected chi connectivity index (χ4v) is 2.20. The summed E-state index contributed by atoms with van der Waals surface area (Å²) in [6, 6.07) is 4.15. The molecule has 0 aliphatic carbocycles. The monoisotopic (exact) mass is 319 g/mol. The molecule has 1 aromatic rings. The zero-order valence-electron chi connectivity index (χ0n) is 10.7. The Morgan fingerprint density at radius 1 is 1.35 bits per heavy atom. The Morgan fingerprint density at radius 3 is 2.80 bits per heavy atom. The van der Waals surface area contributed by atoms with E-state index in [1.165, 1.54) is 18.2 Å². The maximum absolute atomic E-state index is 12.3. The van der Waals surface area contributed by atoms with Crippen LogP contribution in [0.2, 0.25) is 5.02 Å². The highest BCUT2D eigenvalue weighted by Gasteiger charge is 2.21. The molecular weight excluding hydrogens is 305 g/mol. The predicted molar refractivity (Wildman–Crippen MR) is 78.7 cm³/mol. The zero-order valence-corrected chi connectivity index (χ0v) is 12.2. The topological polar surface area (TPSA) is 75.5 Å². The van der Waals surface area contributed by atoms with E-state index in [-0.39, 0.29) is 29.0 Å². The lowest BCUT2D eigenvalue weighted by Gasteiger charge is -2.19. The number of carbonyl (C=O) groups is 1. The Labute approximate surface area is 127 Å². The van der Waals surface area contributed by atoms with Gasteiger partial charge < -0.3 is 10.2 Å². The summed E-state index contributed by atoms with van der Waals surface area (Å²) in [5.74, 6) is -0.191. The zero-order chi connectivity index (χ0) is 13.8. The average molecular weight is 320 g/mol. The lowest BCUT2D eigenvalue weighted by atomic mass is 10.1. The second kappa shape index (κ2) is 7.42. The van der Waals surface area contributed by atoms with Crippen molar-refractivity contribution in [2.75, 3.05) is 26.2 Å². The molecule has 0 radical (unpaired) electrons. The van der Waals surface area contributed by atoms with E-state index in [1.54, 1.807) is 4.90 Å². The van der Waals surface area contributed by atoms with Crippen molar-refractivity contribution in [2.45, 2.75) is 6.42 Å². The van der Waals surface area contributed by atoms with Gasteiger partial charge >= 0.3 is 0 Å². The van der Waals surface area contributed by atoms with E-state index in [0.29, 0.717) is 18.7 Å². The molecule has 110 valence electrons. The highest BCUT2D eigenvalue weighted by Crippen LogP contribution is 2.25. The van der Waals surface area contributed by atoms with E-state index >= 15 is 0 Å². The van der Waals surface area contributed by atoms with Gasteiger partial charge in [0.15, 0.2) is 0 Å². The van der Waals surface area contributed by atoms with Gasteiger partial charge in [0.25, 0.3) is 11.6 Å². The van der Waals surface area contributed by atoms with Gasteiger partial charge in [-0.3, -0.25) is 14.9 Å².